The van der Waals surface area contributed by atoms with Gasteiger partial charge in [0.15, 0.2) is 0 Å². The van der Waals surface area contributed by atoms with Crippen LogP contribution in [0, 0.1) is 6.92 Å². The maximum Gasteiger partial charge on any atom is 0.321 e. The molecule has 1 aromatic carbocycles. The van der Waals surface area contributed by atoms with E-state index in [0.717, 1.165) is 10.8 Å². The molecule has 0 aliphatic rings. The van der Waals surface area contributed by atoms with Gasteiger partial charge in [-0.1, -0.05) is 17.4 Å². The molecule has 2 aromatic rings. The van der Waals surface area contributed by atoms with Crippen molar-refractivity contribution >= 4 is 22.5 Å². The number of hydrogen-bond donors (Lipinski definition) is 2. The van der Waals surface area contributed by atoms with E-state index < -0.39 is 0 Å². The van der Waals surface area contributed by atoms with Gasteiger partial charge < -0.3 is 14.8 Å². The summed E-state index contributed by atoms with van der Waals surface area (Å²) in [5.41, 5.74) is 0. The van der Waals surface area contributed by atoms with E-state index in [4.69, 9.17) is 9.47 Å². The SMILES string of the molecule is COc1cccc(OCCNC(=O)Nc2nnc(C)s2)c1. The Hall–Kier alpha value is -2.35. The van der Waals surface area contributed by atoms with E-state index in [0.29, 0.717) is 24.0 Å². The Balaban J connectivity index is 1.68. The number of aromatic nitrogens is 2. The van der Waals surface area contributed by atoms with Crippen LogP contribution in [-0.2, 0) is 0 Å². The molecule has 8 heteroatoms. The molecular weight excluding hydrogens is 292 g/mol. The summed E-state index contributed by atoms with van der Waals surface area (Å²) < 4.78 is 10.6. The number of urea groups is 1. The third-order valence-electron chi connectivity index (χ3n) is 2.44. The van der Waals surface area contributed by atoms with Crippen molar-refractivity contribution < 1.29 is 14.3 Å². The number of amides is 2. The summed E-state index contributed by atoms with van der Waals surface area (Å²) in [6, 6.07) is 6.95. The van der Waals surface area contributed by atoms with Crippen molar-refractivity contribution in [1.82, 2.24) is 15.5 Å². The normalized spacial score (nSPS) is 10.0. The largest absolute Gasteiger partial charge is 0.497 e. The Morgan fingerprint density at radius 2 is 2.14 bits per heavy atom. The Kier molecular flexibility index (Phi) is 5.33. The topological polar surface area (TPSA) is 85.4 Å². The minimum atomic E-state index is -0.333. The molecule has 0 fully saturated rings. The number of hydrogen-bond acceptors (Lipinski definition) is 6. The van der Waals surface area contributed by atoms with Gasteiger partial charge in [0, 0.05) is 6.07 Å². The minimum Gasteiger partial charge on any atom is -0.497 e. The average Bonchev–Trinajstić information content (AvgIpc) is 2.89. The van der Waals surface area contributed by atoms with Gasteiger partial charge in [0.1, 0.15) is 23.1 Å². The van der Waals surface area contributed by atoms with Crippen LogP contribution in [0.25, 0.3) is 0 Å². The Labute approximate surface area is 126 Å². The summed E-state index contributed by atoms with van der Waals surface area (Å²) in [5, 5.41) is 14.2. The highest BCUT2D eigenvalue weighted by Gasteiger charge is 2.05. The molecule has 2 rings (SSSR count). The van der Waals surface area contributed by atoms with E-state index in [9.17, 15) is 4.79 Å². The van der Waals surface area contributed by atoms with Crippen LogP contribution in [0.5, 0.6) is 11.5 Å². The lowest BCUT2D eigenvalue weighted by molar-refractivity contribution is 0.247. The zero-order valence-electron chi connectivity index (χ0n) is 11.8. The van der Waals surface area contributed by atoms with Crippen LogP contribution < -0.4 is 20.1 Å². The van der Waals surface area contributed by atoms with Crippen molar-refractivity contribution in [3.63, 3.8) is 0 Å². The molecule has 0 saturated heterocycles. The summed E-state index contributed by atoms with van der Waals surface area (Å²) in [5.74, 6) is 1.42. The first-order valence-corrected chi connectivity index (χ1v) is 7.11. The molecule has 112 valence electrons. The maximum absolute atomic E-state index is 11.6. The predicted molar refractivity (Wildman–Crippen MR) is 80.2 cm³/mol. The quantitative estimate of drug-likeness (QED) is 0.798. The Bertz CT molecular complexity index is 603. The first-order valence-electron chi connectivity index (χ1n) is 6.29. The van der Waals surface area contributed by atoms with E-state index >= 15 is 0 Å². The summed E-state index contributed by atoms with van der Waals surface area (Å²) in [6.07, 6.45) is 0. The van der Waals surface area contributed by atoms with Gasteiger partial charge in [-0.25, -0.2) is 4.79 Å². The van der Waals surface area contributed by atoms with E-state index in [1.54, 1.807) is 13.2 Å². The number of methoxy groups -OCH3 is 1. The van der Waals surface area contributed by atoms with Gasteiger partial charge in [0.2, 0.25) is 5.13 Å². The van der Waals surface area contributed by atoms with Crippen LogP contribution in [0.15, 0.2) is 24.3 Å². The van der Waals surface area contributed by atoms with Gasteiger partial charge >= 0.3 is 6.03 Å². The van der Waals surface area contributed by atoms with Crippen molar-refractivity contribution in [2.75, 3.05) is 25.6 Å². The Morgan fingerprint density at radius 1 is 1.33 bits per heavy atom. The molecule has 1 aromatic heterocycles. The summed E-state index contributed by atoms with van der Waals surface area (Å²) in [4.78, 5) is 11.6. The molecule has 0 atom stereocenters. The number of ether oxygens (including phenoxy) is 2. The fourth-order valence-corrected chi connectivity index (χ4v) is 2.10. The lowest BCUT2D eigenvalue weighted by Crippen LogP contribution is -2.32. The van der Waals surface area contributed by atoms with E-state index in [1.165, 1.54) is 11.3 Å². The zero-order valence-corrected chi connectivity index (χ0v) is 12.6. The zero-order chi connectivity index (χ0) is 15.1. The van der Waals surface area contributed by atoms with Gasteiger partial charge in [-0.3, -0.25) is 5.32 Å². The van der Waals surface area contributed by atoms with E-state index in [1.807, 2.05) is 25.1 Å². The molecule has 0 aliphatic carbocycles. The van der Waals surface area contributed by atoms with Gasteiger partial charge in [-0.15, -0.1) is 10.2 Å². The van der Waals surface area contributed by atoms with Crippen LogP contribution in [0.1, 0.15) is 5.01 Å². The standard InChI is InChI=1S/C13H16N4O3S/c1-9-16-17-13(21-9)15-12(18)14-6-7-20-11-5-3-4-10(8-11)19-2/h3-5,8H,6-7H2,1-2H3,(H2,14,15,17,18). The second-order valence-electron chi connectivity index (χ2n) is 4.03. The summed E-state index contributed by atoms with van der Waals surface area (Å²) in [6.45, 7) is 2.55. The van der Waals surface area contributed by atoms with Crippen molar-refractivity contribution in [2.45, 2.75) is 6.92 Å². The first-order chi connectivity index (χ1) is 10.2. The summed E-state index contributed by atoms with van der Waals surface area (Å²) in [7, 11) is 1.60. The van der Waals surface area contributed by atoms with E-state index in [2.05, 4.69) is 20.8 Å². The fraction of sp³-hybridized carbons (Fsp3) is 0.308. The van der Waals surface area contributed by atoms with Crippen molar-refractivity contribution in [3.8, 4) is 11.5 Å². The smallest absolute Gasteiger partial charge is 0.321 e. The van der Waals surface area contributed by atoms with Gasteiger partial charge in [-0.2, -0.15) is 0 Å². The minimum absolute atomic E-state index is 0.333. The molecule has 0 unspecified atom stereocenters. The molecule has 7 nitrogen and oxygen atoms in total. The number of carbonyl (C=O) groups excluding carboxylic acids is 1. The number of rotatable bonds is 6. The molecule has 0 saturated carbocycles. The van der Waals surface area contributed by atoms with Crippen LogP contribution in [-0.4, -0.2) is 36.5 Å². The number of nitrogens with one attached hydrogen (secondary N) is 2. The van der Waals surface area contributed by atoms with Crippen LogP contribution in [0.4, 0.5) is 9.93 Å². The van der Waals surface area contributed by atoms with Gasteiger partial charge in [-0.05, 0) is 19.1 Å². The lowest BCUT2D eigenvalue weighted by Gasteiger charge is -2.08. The lowest BCUT2D eigenvalue weighted by atomic mass is 10.3. The predicted octanol–water partition coefficient (Wildman–Crippen LogP) is 2.06. The second-order valence-corrected chi connectivity index (χ2v) is 5.22. The second kappa shape index (κ2) is 7.44. The third-order valence-corrected chi connectivity index (χ3v) is 3.20. The third kappa shape index (κ3) is 4.92. The number of aryl methyl sites for hydroxylation is 1. The molecular formula is C13H16N4O3S. The Morgan fingerprint density at radius 3 is 2.86 bits per heavy atom. The van der Waals surface area contributed by atoms with Crippen LogP contribution in [0.3, 0.4) is 0 Å². The molecule has 0 spiro atoms. The van der Waals surface area contributed by atoms with E-state index in [-0.39, 0.29) is 6.03 Å². The summed E-state index contributed by atoms with van der Waals surface area (Å²) >= 11 is 1.32. The number of nitrogens with zero attached hydrogens (tertiary/aromatic N) is 2. The highest BCUT2D eigenvalue weighted by molar-refractivity contribution is 7.15. The monoisotopic (exact) mass is 308 g/mol. The highest BCUT2D eigenvalue weighted by Crippen LogP contribution is 2.18. The molecule has 1 heterocycles. The van der Waals surface area contributed by atoms with Crippen molar-refractivity contribution in [2.24, 2.45) is 0 Å². The van der Waals surface area contributed by atoms with Crippen molar-refractivity contribution in [3.05, 3.63) is 29.3 Å². The average molecular weight is 308 g/mol. The molecule has 0 radical (unpaired) electrons. The molecule has 2 N–H and O–H groups in total. The molecule has 21 heavy (non-hydrogen) atoms. The van der Waals surface area contributed by atoms with Crippen LogP contribution in [0.2, 0.25) is 0 Å². The fourth-order valence-electron chi connectivity index (χ4n) is 1.51. The number of benzene rings is 1. The number of anilines is 1. The van der Waals surface area contributed by atoms with Gasteiger partial charge in [0.05, 0.1) is 13.7 Å². The molecule has 0 bridgehead atoms. The first kappa shape index (κ1) is 15.0. The van der Waals surface area contributed by atoms with Gasteiger partial charge in [0.25, 0.3) is 0 Å². The highest BCUT2D eigenvalue weighted by atomic mass is 32.1. The molecule has 2 amide bonds. The van der Waals surface area contributed by atoms with Crippen LogP contribution >= 0.6 is 11.3 Å². The maximum atomic E-state index is 11.6. The van der Waals surface area contributed by atoms with Crippen molar-refractivity contribution in [1.29, 1.82) is 0 Å². The number of carbonyl (C=O) groups is 1. The molecule has 0 aliphatic heterocycles.